The number of ether oxygens (including phenoxy) is 1. The number of nitrogens with one attached hydrogen (secondary N) is 2. The number of benzene rings is 2. The van der Waals surface area contributed by atoms with Gasteiger partial charge in [-0.1, -0.05) is 53.0 Å². The molecule has 0 bridgehead atoms. The maximum absolute atomic E-state index is 13.0. The van der Waals surface area contributed by atoms with Gasteiger partial charge in [-0.25, -0.2) is 4.79 Å². The minimum atomic E-state index is -1.04. The van der Waals surface area contributed by atoms with Crippen molar-refractivity contribution in [3.05, 3.63) is 68.7 Å². The lowest BCUT2D eigenvalue weighted by Crippen LogP contribution is -2.60. The Morgan fingerprint density at radius 2 is 1.87 bits per heavy atom. The molecule has 2 aromatic rings. The lowest BCUT2D eigenvalue weighted by Gasteiger charge is -2.46. The van der Waals surface area contributed by atoms with Gasteiger partial charge in [-0.15, -0.1) is 0 Å². The highest BCUT2D eigenvalue weighted by Crippen LogP contribution is 2.54. The summed E-state index contributed by atoms with van der Waals surface area (Å²) in [5.41, 5.74) is 0.984. The van der Waals surface area contributed by atoms with Crippen LogP contribution in [0.1, 0.15) is 42.7 Å². The lowest BCUT2D eigenvalue weighted by molar-refractivity contribution is -0.126. The normalized spacial score (nSPS) is 27.4. The number of halogens is 3. The minimum absolute atomic E-state index is 0.0424. The van der Waals surface area contributed by atoms with Gasteiger partial charge in [0.05, 0.1) is 6.61 Å². The molecular formula is C23H23Cl3N2O3. The molecule has 164 valence electrons. The molecule has 0 unspecified atom stereocenters. The van der Waals surface area contributed by atoms with Crippen LogP contribution in [0, 0.1) is 5.92 Å². The maximum atomic E-state index is 13.0. The number of amides is 2. The SMILES string of the molecule is CCOC(=O)N[C@@]12CC[C@@H](c3ccc(Cl)cc3Cl)[C@H](c3ccc(Cl)cc3)[C@@H]1CNC2=O. The van der Waals surface area contributed by atoms with Gasteiger partial charge in [0.25, 0.3) is 0 Å². The molecule has 2 fully saturated rings. The number of fused-ring (bicyclic) bond motifs is 1. The van der Waals surface area contributed by atoms with Gasteiger partial charge in [-0.05, 0) is 67.0 Å². The summed E-state index contributed by atoms with van der Waals surface area (Å²) in [7, 11) is 0. The van der Waals surface area contributed by atoms with Gasteiger partial charge in [0.1, 0.15) is 5.54 Å². The molecule has 5 nitrogen and oxygen atoms in total. The zero-order valence-corrected chi connectivity index (χ0v) is 19.2. The standard InChI is InChI=1S/C23H23Cl3N2O3/c1-2-31-22(30)28-23-10-9-17(16-8-7-15(25)11-19(16)26)20(18(23)12-27-21(23)29)13-3-5-14(24)6-4-13/h3-8,11,17-18,20H,2,9-10,12H2,1H3,(H,27,29)(H,28,30)/t17-,18-,20-,23-/m0/s1. The predicted molar refractivity (Wildman–Crippen MR) is 122 cm³/mol. The number of rotatable bonds is 4. The Kier molecular flexibility index (Phi) is 6.38. The Bertz CT molecular complexity index is 998. The molecule has 1 aliphatic carbocycles. The van der Waals surface area contributed by atoms with Crippen LogP contribution in [0.25, 0.3) is 0 Å². The molecule has 1 saturated heterocycles. The zero-order chi connectivity index (χ0) is 22.2. The van der Waals surface area contributed by atoms with Crippen LogP contribution in [0.3, 0.4) is 0 Å². The van der Waals surface area contributed by atoms with Gasteiger partial charge in [-0.3, -0.25) is 4.79 Å². The minimum Gasteiger partial charge on any atom is -0.450 e. The Labute approximate surface area is 196 Å². The second-order valence-electron chi connectivity index (χ2n) is 8.02. The number of hydrogen-bond acceptors (Lipinski definition) is 3. The van der Waals surface area contributed by atoms with Crippen LogP contribution in [0.4, 0.5) is 4.79 Å². The highest BCUT2D eigenvalue weighted by molar-refractivity contribution is 6.35. The lowest BCUT2D eigenvalue weighted by atomic mass is 9.60. The third kappa shape index (κ3) is 4.11. The van der Waals surface area contributed by atoms with E-state index in [1.165, 1.54) is 0 Å². The molecule has 2 N–H and O–H groups in total. The van der Waals surface area contributed by atoms with E-state index in [1.807, 2.05) is 36.4 Å². The van der Waals surface area contributed by atoms with E-state index in [4.69, 9.17) is 39.5 Å². The van der Waals surface area contributed by atoms with Crippen molar-refractivity contribution in [3.63, 3.8) is 0 Å². The second-order valence-corrected chi connectivity index (χ2v) is 9.30. The number of hydrogen-bond donors (Lipinski definition) is 2. The molecule has 2 aromatic carbocycles. The summed E-state index contributed by atoms with van der Waals surface area (Å²) in [6, 6.07) is 13.2. The largest absolute Gasteiger partial charge is 0.450 e. The average Bonchev–Trinajstić information content (AvgIpc) is 3.05. The molecule has 4 atom stereocenters. The van der Waals surface area contributed by atoms with Gasteiger partial charge in [-0.2, -0.15) is 0 Å². The fourth-order valence-electron chi connectivity index (χ4n) is 5.14. The van der Waals surface area contributed by atoms with Gasteiger partial charge in [0.15, 0.2) is 0 Å². The summed E-state index contributed by atoms with van der Waals surface area (Å²) in [4.78, 5) is 25.4. The van der Waals surface area contributed by atoms with Crippen molar-refractivity contribution in [1.29, 1.82) is 0 Å². The molecule has 31 heavy (non-hydrogen) atoms. The van der Waals surface area contributed by atoms with Gasteiger partial charge >= 0.3 is 6.09 Å². The molecular weight excluding hydrogens is 459 g/mol. The average molecular weight is 482 g/mol. The molecule has 2 amide bonds. The van der Waals surface area contributed by atoms with Crippen molar-refractivity contribution in [1.82, 2.24) is 10.6 Å². The van der Waals surface area contributed by atoms with Crippen molar-refractivity contribution in [2.24, 2.45) is 5.92 Å². The molecule has 2 aliphatic rings. The van der Waals surface area contributed by atoms with Crippen molar-refractivity contribution >= 4 is 46.8 Å². The first-order chi connectivity index (χ1) is 14.9. The summed E-state index contributed by atoms with van der Waals surface area (Å²) in [5.74, 6) is -0.396. The van der Waals surface area contributed by atoms with E-state index in [0.29, 0.717) is 34.5 Å². The Morgan fingerprint density at radius 3 is 2.55 bits per heavy atom. The highest BCUT2D eigenvalue weighted by atomic mass is 35.5. The van der Waals surface area contributed by atoms with Crippen molar-refractivity contribution < 1.29 is 14.3 Å². The third-order valence-electron chi connectivity index (χ3n) is 6.45. The predicted octanol–water partition coefficient (Wildman–Crippen LogP) is 5.54. The molecule has 1 heterocycles. The van der Waals surface area contributed by atoms with Crippen LogP contribution in [-0.4, -0.2) is 30.7 Å². The van der Waals surface area contributed by atoms with Gasteiger partial charge < -0.3 is 15.4 Å². The molecule has 1 saturated carbocycles. The first-order valence-corrected chi connectivity index (χ1v) is 11.4. The van der Waals surface area contributed by atoms with Crippen molar-refractivity contribution in [3.8, 4) is 0 Å². The second kappa shape index (κ2) is 8.89. The topological polar surface area (TPSA) is 67.4 Å². The van der Waals surface area contributed by atoms with Crippen LogP contribution in [0.15, 0.2) is 42.5 Å². The summed E-state index contributed by atoms with van der Waals surface area (Å²) >= 11 is 18.9. The van der Waals surface area contributed by atoms with Crippen LogP contribution < -0.4 is 10.6 Å². The van der Waals surface area contributed by atoms with Gasteiger partial charge in [0, 0.05) is 27.5 Å². The molecule has 0 radical (unpaired) electrons. The molecule has 0 spiro atoms. The zero-order valence-electron chi connectivity index (χ0n) is 17.0. The molecule has 1 aliphatic heterocycles. The van der Waals surface area contributed by atoms with E-state index in [0.717, 1.165) is 11.1 Å². The maximum Gasteiger partial charge on any atom is 0.408 e. The van der Waals surface area contributed by atoms with Gasteiger partial charge in [0.2, 0.25) is 5.91 Å². The molecule has 4 rings (SSSR count). The van der Waals surface area contributed by atoms with Crippen LogP contribution in [0.2, 0.25) is 15.1 Å². The van der Waals surface area contributed by atoms with E-state index in [2.05, 4.69) is 10.6 Å². The smallest absolute Gasteiger partial charge is 0.408 e. The quantitative estimate of drug-likeness (QED) is 0.602. The van der Waals surface area contributed by atoms with E-state index < -0.39 is 11.6 Å². The monoisotopic (exact) mass is 480 g/mol. The number of carbonyl (C=O) groups is 2. The van der Waals surface area contributed by atoms with Crippen LogP contribution in [0.5, 0.6) is 0 Å². The number of alkyl carbamates (subject to hydrolysis) is 1. The first-order valence-electron chi connectivity index (χ1n) is 10.3. The number of carbonyl (C=O) groups excluding carboxylic acids is 2. The fourth-order valence-corrected chi connectivity index (χ4v) is 5.82. The van der Waals surface area contributed by atoms with E-state index in [1.54, 1.807) is 13.0 Å². The van der Waals surface area contributed by atoms with E-state index in [9.17, 15) is 9.59 Å². The first kappa shape index (κ1) is 22.3. The Morgan fingerprint density at radius 1 is 1.16 bits per heavy atom. The summed E-state index contributed by atoms with van der Waals surface area (Å²) < 4.78 is 5.11. The molecule has 8 heteroatoms. The van der Waals surface area contributed by atoms with Crippen LogP contribution >= 0.6 is 34.8 Å². The Balaban J connectivity index is 1.80. The Hall–Kier alpha value is -1.95. The van der Waals surface area contributed by atoms with Crippen LogP contribution in [-0.2, 0) is 9.53 Å². The van der Waals surface area contributed by atoms with E-state index >= 15 is 0 Å². The molecule has 0 aromatic heterocycles. The summed E-state index contributed by atoms with van der Waals surface area (Å²) in [5, 5.41) is 7.67. The summed E-state index contributed by atoms with van der Waals surface area (Å²) in [6.07, 6.45) is 0.559. The fraction of sp³-hybridized carbons (Fsp3) is 0.391. The van der Waals surface area contributed by atoms with E-state index in [-0.39, 0.29) is 30.3 Å². The van der Waals surface area contributed by atoms with Crippen molar-refractivity contribution in [2.75, 3.05) is 13.2 Å². The highest BCUT2D eigenvalue weighted by Gasteiger charge is 2.59. The summed E-state index contributed by atoms with van der Waals surface area (Å²) in [6.45, 7) is 2.41. The van der Waals surface area contributed by atoms with Crippen molar-refractivity contribution in [2.45, 2.75) is 37.1 Å². The third-order valence-corrected chi connectivity index (χ3v) is 7.27.